The summed E-state index contributed by atoms with van der Waals surface area (Å²) in [6, 6.07) is 13.8. The van der Waals surface area contributed by atoms with E-state index in [1.165, 1.54) is 95.3 Å². The Morgan fingerprint density at radius 2 is 1.39 bits per heavy atom. The Morgan fingerprint density at radius 3 is 2.00 bits per heavy atom. The molecule has 4 rings (SSSR count). The molecule has 2 aromatic carbocycles. The summed E-state index contributed by atoms with van der Waals surface area (Å²) in [5.41, 5.74) is 4.88. The molecule has 1 fully saturated rings. The maximum atomic E-state index is 13.0. The van der Waals surface area contributed by atoms with E-state index in [-0.39, 0.29) is 60.9 Å². The maximum Gasteiger partial charge on any atom is 0.425 e. The first-order valence-electron chi connectivity index (χ1n) is 18.5. The van der Waals surface area contributed by atoms with Gasteiger partial charge >= 0.3 is 16.6 Å². The van der Waals surface area contributed by atoms with Crippen LogP contribution in [0, 0.1) is 0 Å². The number of carbonyl (C=O) groups excluding carboxylic acids is 4. The number of thioether (sulfide) groups is 1. The first-order chi connectivity index (χ1) is 24.6. The van der Waals surface area contributed by atoms with Gasteiger partial charge in [0.05, 0.1) is 5.25 Å². The quantitative estimate of drug-likeness (QED) is 0.0720. The fourth-order valence-corrected chi connectivity index (χ4v) is 7.93. The zero-order chi connectivity index (χ0) is 37.0. The molecule has 0 saturated carbocycles. The summed E-state index contributed by atoms with van der Waals surface area (Å²) in [7, 11) is -3.11. The standard InChI is InChI=1S/C39H54N2O5S.O3S/c1-3-4-5-6-7-8-9-10-11-12-13-14-15-18-25-47-36-27-38(44)41(39(36)45)24-23-37(43)40-30-21-22-33-31-19-16-17-20-32(31)35(34(33)26-30)28-46-29(2)42;1-4(2)3/h16-17,19-22,26,35-36H,3-15,18,23-25,27-28H2,1-2H3,(H,40,43);. The van der Waals surface area contributed by atoms with E-state index >= 15 is 0 Å². The predicted octanol–water partition coefficient (Wildman–Crippen LogP) is 8.03. The summed E-state index contributed by atoms with van der Waals surface area (Å²) in [5, 5.41) is 2.60. The van der Waals surface area contributed by atoms with Crippen LogP contribution in [0.3, 0.4) is 0 Å². The number of nitrogens with zero attached hydrogens (tertiary/aromatic N) is 1. The van der Waals surface area contributed by atoms with Crippen LogP contribution in [0.25, 0.3) is 11.1 Å². The number of esters is 1. The minimum absolute atomic E-state index is 0.0437. The highest BCUT2D eigenvalue weighted by Gasteiger charge is 2.38. The van der Waals surface area contributed by atoms with Gasteiger partial charge in [-0.1, -0.05) is 121 Å². The zero-order valence-electron chi connectivity index (χ0n) is 30.2. The van der Waals surface area contributed by atoms with E-state index in [4.69, 9.17) is 17.4 Å². The van der Waals surface area contributed by atoms with Crippen LogP contribution in [0.2, 0.25) is 0 Å². The van der Waals surface area contributed by atoms with Gasteiger partial charge in [-0.15, -0.1) is 24.4 Å². The van der Waals surface area contributed by atoms with E-state index in [2.05, 4.69) is 18.3 Å². The first kappa shape index (κ1) is 41.9. The summed E-state index contributed by atoms with van der Waals surface area (Å²) in [6.45, 7) is 3.98. The minimum Gasteiger partial charge on any atom is -0.465 e. The third-order valence-corrected chi connectivity index (χ3v) is 10.7. The summed E-state index contributed by atoms with van der Waals surface area (Å²) in [4.78, 5) is 51.2. The van der Waals surface area contributed by atoms with Crippen molar-refractivity contribution in [2.75, 3.05) is 24.2 Å². The third kappa shape index (κ3) is 14.6. The Balaban J connectivity index is 0.00000166. The number of carbonyl (C=O) groups is 4. The smallest absolute Gasteiger partial charge is 0.425 e. The fourth-order valence-electron chi connectivity index (χ4n) is 6.74. The lowest BCUT2D eigenvalue weighted by Gasteiger charge is -2.16. The minimum atomic E-state index is -3.11. The maximum absolute atomic E-state index is 13.0. The van der Waals surface area contributed by atoms with Crippen molar-refractivity contribution in [3.8, 4) is 11.1 Å². The van der Waals surface area contributed by atoms with E-state index < -0.39 is 10.6 Å². The molecule has 0 radical (unpaired) electrons. The molecule has 12 heteroatoms. The number of likely N-dealkylation sites (tertiary alicyclic amines) is 1. The molecule has 1 aliphatic carbocycles. The van der Waals surface area contributed by atoms with Crippen LogP contribution in [-0.4, -0.2) is 65.4 Å². The van der Waals surface area contributed by atoms with Crippen LogP contribution in [0.15, 0.2) is 42.5 Å². The van der Waals surface area contributed by atoms with E-state index in [0.29, 0.717) is 5.69 Å². The summed E-state index contributed by atoms with van der Waals surface area (Å²) in [6.07, 6.45) is 18.7. The lowest BCUT2D eigenvalue weighted by molar-refractivity contribution is -0.141. The molecule has 0 aromatic heterocycles. The number of ether oxygens (including phenoxy) is 1. The fraction of sp³-hybridized carbons (Fsp3) is 0.590. The van der Waals surface area contributed by atoms with Crippen LogP contribution < -0.4 is 5.32 Å². The molecule has 0 bridgehead atoms. The molecule has 280 valence electrons. The van der Waals surface area contributed by atoms with Crippen molar-refractivity contribution in [3.05, 3.63) is 53.6 Å². The Bertz CT molecular complexity index is 1560. The first-order valence-corrected chi connectivity index (χ1v) is 20.6. The second-order valence-electron chi connectivity index (χ2n) is 13.3. The average molecular weight is 743 g/mol. The second-order valence-corrected chi connectivity index (χ2v) is 15.0. The molecular formula is C39H54N2O8S2. The topological polar surface area (TPSA) is 144 Å². The lowest BCUT2D eigenvalue weighted by atomic mass is 9.97. The molecule has 1 saturated heterocycles. The van der Waals surface area contributed by atoms with Crippen molar-refractivity contribution in [3.63, 3.8) is 0 Å². The summed E-state index contributed by atoms with van der Waals surface area (Å²) >= 11 is 1.59. The van der Waals surface area contributed by atoms with E-state index in [1.807, 2.05) is 36.4 Å². The summed E-state index contributed by atoms with van der Waals surface area (Å²) in [5.74, 6) is -0.165. The van der Waals surface area contributed by atoms with E-state index in [1.54, 1.807) is 11.8 Å². The van der Waals surface area contributed by atoms with Gasteiger partial charge in [-0.2, -0.15) is 0 Å². The molecule has 2 aromatic rings. The molecule has 51 heavy (non-hydrogen) atoms. The normalized spacial score (nSPS) is 15.9. The van der Waals surface area contributed by atoms with Crippen molar-refractivity contribution in [2.24, 2.45) is 0 Å². The number of anilines is 1. The number of benzene rings is 2. The third-order valence-electron chi connectivity index (χ3n) is 9.37. The number of nitrogens with one attached hydrogen (secondary N) is 1. The van der Waals surface area contributed by atoms with Crippen LogP contribution >= 0.6 is 11.8 Å². The van der Waals surface area contributed by atoms with E-state index in [9.17, 15) is 19.2 Å². The van der Waals surface area contributed by atoms with Gasteiger partial charge in [-0.05, 0) is 46.6 Å². The number of rotatable bonds is 22. The number of unbranched alkanes of at least 4 members (excludes halogenated alkanes) is 13. The number of hydrogen-bond acceptors (Lipinski definition) is 9. The molecule has 3 amide bonds. The number of fused-ring (bicyclic) bond motifs is 3. The van der Waals surface area contributed by atoms with Crippen molar-refractivity contribution < 1.29 is 36.5 Å². The molecular weight excluding hydrogens is 689 g/mol. The Labute approximate surface area is 308 Å². The van der Waals surface area contributed by atoms with Gasteiger partial charge in [0.2, 0.25) is 17.7 Å². The molecule has 2 unspecified atom stereocenters. The Hall–Kier alpha value is -3.51. The Morgan fingerprint density at radius 1 is 0.824 bits per heavy atom. The van der Waals surface area contributed by atoms with Crippen LogP contribution in [-0.2, 0) is 34.5 Å². The Kier molecular flexibility index (Phi) is 19.0. The lowest BCUT2D eigenvalue weighted by Crippen LogP contribution is -2.34. The van der Waals surface area contributed by atoms with Crippen LogP contribution in [0.5, 0.6) is 0 Å². The molecule has 10 nitrogen and oxygen atoms in total. The molecule has 2 atom stereocenters. The largest absolute Gasteiger partial charge is 0.465 e. The average Bonchev–Trinajstić information content (AvgIpc) is 3.55. The van der Waals surface area contributed by atoms with Gasteiger partial charge in [0, 0.05) is 37.9 Å². The molecule has 1 N–H and O–H groups in total. The molecule has 1 aliphatic heterocycles. The summed E-state index contributed by atoms with van der Waals surface area (Å²) < 4.78 is 30.7. The van der Waals surface area contributed by atoms with Crippen molar-refractivity contribution in [2.45, 2.75) is 128 Å². The van der Waals surface area contributed by atoms with Crippen molar-refractivity contribution >= 4 is 51.7 Å². The number of amides is 3. The van der Waals surface area contributed by atoms with Gasteiger partial charge in [-0.3, -0.25) is 24.1 Å². The van der Waals surface area contributed by atoms with E-state index in [0.717, 1.165) is 34.4 Å². The van der Waals surface area contributed by atoms with Gasteiger partial charge in [0.15, 0.2) is 0 Å². The van der Waals surface area contributed by atoms with Gasteiger partial charge in [0.25, 0.3) is 0 Å². The highest BCUT2D eigenvalue weighted by atomic mass is 32.2. The van der Waals surface area contributed by atoms with Crippen molar-refractivity contribution in [1.82, 2.24) is 4.90 Å². The molecule has 1 heterocycles. The zero-order valence-corrected chi connectivity index (χ0v) is 31.8. The van der Waals surface area contributed by atoms with Crippen molar-refractivity contribution in [1.29, 1.82) is 0 Å². The number of hydrogen-bond donors (Lipinski definition) is 1. The molecule has 2 aliphatic rings. The molecule has 0 spiro atoms. The number of imide groups is 1. The van der Waals surface area contributed by atoms with Gasteiger partial charge in [-0.25, -0.2) is 0 Å². The highest BCUT2D eigenvalue weighted by molar-refractivity contribution is 8.00. The highest BCUT2D eigenvalue weighted by Crippen LogP contribution is 2.45. The monoisotopic (exact) mass is 742 g/mol. The van der Waals surface area contributed by atoms with Gasteiger partial charge in [0.1, 0.15) is 6.61 Å². The SMILES string of the molecule is CCCCCCCCCCCCCCCCSC1CC(=O)N(CCC(=O)Nc2ccc3c(c2)C(COC(C)=O)c2ccccc2-3)C1=O.O=S(=O)=O. The second kappa shape index (κ2) is 23.1. The van der Waals surface area contributed by atoms with Crippen LogP contribution in [0.4, 0.5) is 5.69 Å². The van der Waals surface area contributed by atoms with Crippen LogP contribution in [0.1, 0.15) is 134 Å². The van der Waals surface area contributed by atoms with Gasteiger partial charge < -0.3 is 10.1 Å². The predicted molar refractivity (Wildman–Crippen MR) is 201 cm³/mol.